The third-order valence-corrected chi connectivity index (χ3v) is 5.77. The molecule has 2 aromatic rings. The van der Waals surface area contributed by atoms with Gasteiger partial charge >= 0.3 is 0 Å². The van der Waals surface area contributed by atoms with Crippen LogP contribution in [0, 0.1) is 0 Å². The van der Waals surface area contributed by atoms with Gasteiger partial charge < -0.3 is 5.32 Å². The Morgan fingerprint density at radius 3 is 2.56 bits per heavy atom. The molecule has 6 nitrogen and oxygen atoms in total. The molecule has 0 saturated carbocycles. The molecule has 0 aliphatic rings. The molecular weight excluding hydrogens is 358 g/mol. The molecule has 0 aliphatic carbocycles. The Labute approximate surface area is 152 Å². The first-order valence-corrected chi connectivity index (χ1v) is 10.5. The van der Waals surface area contributed by atoms with Crippen molar-refractivity contribution < 1.29 is 13.2 Å². The zero-order valence-corrected chi connectivity index (χ0v) is 15.7. The lowest BCUT2D eigenvalue weighted by molar-refractivity contribution is -0.121. The highest BCUT2D eigenvalue weighted by Crippen LogP contribution is 2.18. The van der Waals surface area contributed by atoms with Gasteiger partial charge in [0.1, 0.15) is 4.90 Å². The number of hydrogen-bond acceptors (Lipinski definition) is 5. The Morgan fingerprint density at radius 1 is 1.24 bits per heavy atom. The van der Waals surface area contributed by atoms with E-state index >= 15 is 0 Å². The van der Waals surface area contributed by atoms with Gasteiger partial charge in [-0.1, -0.05) is 12.1 Å². The zero-order chi connectivity index (χ0) is 18.3. The van der Waals surface area contributed by atoms with Gasteiger partial charge in [-0.2, -0.15) is 0 Å². The van der Waals surface area contributed by atoms with E-state index in [2.05, 4.69) is 15.0 Å². The molecule has 1 unspecified atom stereocenters. The molecule has 0 fully saturated rings. The molecule has 8 heteroatoms. The van der Waals surface area contributed by atoms with Crippen LogP contribution in [0.1, 0.15) is 24.9 Å². The number of amides is 1. The van der Waals surface area contributed by atoms with Crippen LogP contribution >= 0.6 is 11.8 Å². The second-order valence-corrected chi connectivity index (χ2v) is 8.05. The van der Waals surface area contributed by atoms with E-state index in [9.17, 15) is 13.2 Å². The zero-order valence-electron chi connectivity index (χ0n) is 14.1. The summed E-state index contributed by atoms with van der Waals surface area (Å²) in [7, 11) is -3.64. The van der Waals surface area contributed by atoms with Crippen LogP contribution in [0.15, 0.2) is 58.6 Å². The largest absolute Gasteiger partial charge is 0.350 e. The summed E-state index contributed by atoms with van der Waals surface area (Å²) in [6, 6.07) is 10.8. The van der Waals surface area contributed by atoms with Crippen LogP contribution in [0.2, 0.25) is 0 Å². The molecule has 1 atom stereocenters. The molecule has 1 amide bonds. The van der Waals surface area contributed by atoms with E-state index in [1.807, 2.05) is 37.4 Å². The maximum atomic E-state index is 12.0. The van der Waals surface area contributed by atoms with Gasteiger partial charge in [0.2, 0.25) is 15.9 Å². The van der Waals surface area contributed by atoms with Crippen molar-refractivity contribution in [2.45, 2.75) is 29.2 Å². The monoisotopic (exact) mass is 379 g/mol. The summed E-state index contributed by atoms with van der Waals surface area (Å²) < 4.78 is 26.5. The van der Waals surface area contributed by atoms with Gasteiger partial charge in [-0.05, 0) is 43.0 Å². The minimum Gasteiger partial charge on any atom is -0.350 e. The van der Waals surface area contributed by atoms with Crippen LogP contribution in [0.3, 0.4) is 0 Å². The summed E-state index contributed by atoms with van der Waals surface area (Å²) in [4.78, 5) is 17.0. The molecule has 2 N–H and O–H groups in total. The summed E-state index contributed by atoms with van der Waals surface area (Å²) >= 11 is 1.66. The number of nitrogens with one attached hydrogen (secondary N) is 2. The van der Waals surface area contributed by atoms with Gasteiger partial charge in [0.05, 0.1) is 6.04 Å². The lowest BCUT2D eigenvalue weighted by Gasteiger charge is -2.15. The highest BCUT2D eigenvalue weighted by molar-refractivity contribution is 7.98. The Hall–Kier alpha value is -1.90. The lowest BCUT2D eigenvalue weighted by atomic mass is 10.1. The van der Waals surface area contributed by atoms with Gasteiger partial charge in [-0.15, -0.1) is 11.8 Å². The summed E-state index contributed by atoms with van der Waals surface area (Å²) in [5.74, 6) is -0.213. The number of hydrogen-bond donors (Lipinski definition) is 2. The molecule has 0 aliphatic heterocycles. The van der Waals surface area contributed by atoms with Crippen LogP contribution < -0.4 is 10.0 Å². The van der Waals surface area contributed by atoms with E-state index in [4.69, 9.17) is 0 Å². The number of carbonyl (C=O) groups excluding carboxylic acids is 1. The quantitative estimate of drug-likeness (QED) is 0.688. The number of aromatic nitrogens is 1. The average molecular weight is 380 g/mol. The fraction of sp³-hybridized carbons (Fsp3) is 0.294. The average Bonchev–Trinajstić information content (AvgIpc) is 2.62. The minimum absolute atomic E-state index is 0.0290. The van der Waals surface area contributed by atoms with E-state index in [1.54, 1.807) is 17.8 Å². The van der Waals surface area contributed by atoms with Gasteiger partial charge in [-0.3, -0.25) is 9.78 Å². The van der Waals surface area contributed by atoms with E-state index in [-0.39, 0.29) is 29.8 Å². The molecule has 0 saturated heterocycles. The van der Waals surface area contributed by atoms with Gasteiger partial charge in [0, 0.05) is 30.3 Å². The number of carbonyl (C=O) groups is 1. The van der Waals surface area contributed by atoms with Crippen LogP contribution in [0.5, 0.6) is 0 Å². The summed E-state index contributed by atoms with van der Waals surface area (Å²) in [5.41, 5.74) is 1.00. The van der Waals surface area contributed by atoms with Gasteiger partial charge in [0.25, 0.3) is 0 Å². The normalized spacial score (nSPS) is 12.6. The molecule has 1 heterocycles. The maximum absolute atomic E-state index is 12.0. The van der Waals surface area contributed by atoms with E-state index in [1.165, 1.54) is 18.5 Å². The molecule has 0 spiro atoms. The number of benzene rings is 1. The van der Waals surface area contributed by atoms with Crippen molar-refractivity contribution in [3.8, 4) is 0 Å². The van der Waals surface area contributed by atoms with Crippen molar-refractivity contribution >= 4 is 27.7 Å². The van der Waals surface area contributed by atoms with E-state index in [0.29, 0.717) is 0 Å². The van der Waals surface area contributed by atoms with Crippen molar-refractivity contribution in [2.75, 3.05) is 12.8 Å². The van der Waals surface area contributed by atoms with Gasteiger partial charge in [0.15, 0.2) is 0 Å². The first kappa shape index (κ1) is 19.4. The highest BCUT2D eigenvalue weighted by atomic mass is 32.2. The Morgan fingerprint density at radius 2 is 1.96 bits per heavy atom. The summed E-state index contributed by atoms with van der Waals surface area (Å²) in [6.07, 6.45) is 4.84. The van der Waals surface area contributed by atoms with Crippen LogP contribution in [-0.2, 0) is 14.8 Å². The Balaban J connectivity index is 1.82. The smallest absolute Gasteiger partial charge is 0.242 e. The molecule has 0 bridgehead atoms. The highest BCUT2D eigenvalue weighted by Gasteiger charge is 2.15. The number of thioether (sulfide) groups is 1. The van der Waals surface area contributed by atoms with Crippen LogP contribution in [-0.4, -0.2) is 32.1 Å². The predicted molar refractivity (Wildman–Crippen MR) is 98.8 cm³/mol. The third kappa shape index (κ3) is 5.84. The fourth-order valence-electron chi connectivity index (χ4n) is 2.18. The van der Waals surface area contributed by atoms with E-state index in [0.717, 1.165) is 10.5 Å². The minimum atomic E-state index is -3.64. The predicted octanol–water partition coefficient (Wildman–Crippen LogP) is 2.35. The molecule has 1 aromatic heterocycles. The second kappa shape index (κ2) is 8.98. The number of sulfonamides is 1. The van der Waals surface area contributed by atoms with Crippen molar-refractivity contribution in [2.24, 2.45) is 0 Å². The standard InChI is InChI=1S/C17H21N3O3S2/c1-13(14-5-7-15(24-2)8-6-14)20-17(21)9-11-19-25(22,23)16-4-3-10-18-12-16/h3-8,10,12-13,19H,9,11H2,1-2H3,(H,20,21). The fourth-order valence-corrected chi connectivity index (χ4v) is 3.58. The first-order chi connectivity index (χ1) is 11.9. The molecular formula is C17H21N3O3S2. The Bertz CT molecular complexity index is 794. The number of rotatable bonds is 8. The SMILES string of the molecule is CSc1ccc(C(C)NC(=O)CCNS(=O)(=O)c2cccnc2)cc1. The topological polar surface area (TPSA) is 88.2 Å². The van der Waals surface area contributed by atoms with Gasteiger partial charge in [-0.25, -0.2) is 13.1 Å². The summed E-state index contributed by atoms with van der Waals surface area (Å²) in [6.45, 7) is 1.92. The van der Waals surface area contributed by atoms with Crippen LogP contribution in [0.25, 0.3) is 0 Å². The van der Waals surface area contributed by atoms with E-state index < -0.39 is 10.0 Å². The summed E-state index contributed by atoms with van der Waals surface area (Å²) in [5, 5.41) is 2.87. The molecule has 0 radical (unpaired) electrons. The maximum Gasteiger partial charge on any atom is 0.242 e. The molecule has 134 valence electrons. The molecule has 1 aromatic carbocycles. The van der Waals surface area contributed by atoms with Crippen molar-refractivity contribution in [1.82, 2.24) is 15.0 Å². The number of nitrogens with zero attached hydrogens (tertiary/aromatic N) is 1. The molecule has 2 rings (SSSR count). The lowest BCUT2D eigenvalue weighted by Crippen LogP contribution is -2.32. The number of pyridine rings is 1. The second-order valence-electron chi connectivity index (χ2n) is 5.40. The van der Waals surface area contributed by atoms with Crippen molar-refractivity contribution in [3.05, 3.63) is 54.4 Å². The Kier molecular flexibility index (Phi) is 6.98. The third-order valence-electron chi connectivity index (χ3n) is 3.58. The van der Waals surface area contributed by atoms with Crippen molar-refractivity contribution in [3.63, 3.8) is 0 Å². The molecule has 25 heavy (non-hydrogen) atoms. The van der Waals surface area contributed by atoms with Crippen LogP contribution in [0.4, 0.5) is 0 Å². The first-order valence-electron chi connectivity index (χ1n) is 7.75. The van der Waals surface area contributed by atoms with Crippen molar-refractivity contribution in [1.29, 1.82) is 0 Å².